The van der Waals surface area contributed by atoms with E-state index in [4.69, 9.17) is 11.6 Å². The molecule has 2 heterocycles. The lowest BCUT2D eigenvalue weighted by Crippen LogP contribution is -2.39. The van der Waals surface area contributed by atoms with Gasteiger partial charge in [0.1, 0.15) is 15.9 Å². The van der Waals surface area contributed by atoms with Crippen molar-refractivity contribution >= 4 is 33.3 Å². The van der Waals surface area contributed by atoms with Gasteiger partial charge in [-0.25, -0.2) is 23.1 Å². The highest BCUT2D eigenvalue weighted by molar-refractivity contribution is 7.89. The maximum absolute atomic E-state index is 12.5. The molecule has 1 fully saturated rings. The summed E-state index contributed by atoms with van der Waals surface area (Å²) in [5.74, 6) is 0.129. The summed E-state index contributed by atoms with van der Waals surface area (Å²) in [6, 6.07) is 4.77. The molecule has 25 heavy (non-hydrogen) atoms. The predicted octanol–water partition coefficient (Wildman–Crippen LogP) is 2.59. The molecular weight excluding hydrogens is 364 g/mol. The van der Waals surface area contributed by atoms with Crippen molar-refractivity contribution in [3.8, 4) is 11.1 Å². The van der Waals surface area contributed by atoms with Gasteiger partial charge < -0.3 is 5.32 Å². The van der Waals surface area contributed by atoms with Gasteiger partial charge >= 0.3 is 0 Å². The zero-order valence-electron chi connectivity index (χ0n) is 13.5. The number of carbonyl (C=O) groups is 1. The Labute approximate surface area is 150 Å². The highest BCUT2D eigenvalue weighted by Gasteiger charge is 2.27. The molecule has 0 bridgehead atoms. The Balaban J connectivity index is 1.95. The van der Waals surface area contributed by atoms with Crippen molar-refractivity contribution < 1.29 is 13.2 Å². The Bertz CT molecular complexity index is 913. The molecule has 3 rings (SSSR count). The summed E-state index contributed by atoms with van der Waals surface area (Å²) in [6.07, 6.45) is 5.68. The van der Waals surface area contributed by atoms with E-state index in [-0.39, 0.29) is 22.0 Å². The normalized spacial score (nSPS) is 14.8. The third-order valence-corrected chi connectivity index (χ3v) is 5.87. The molecule has 0 aromatic carbocycles. The number of halogens is 1. The van der Waals surface area contributed by atoms with Crippen molar-refractivity contribution in [2.75, 3.05) is 5.32 Å². The Hall–Kier alpha value is -2.03. The van der Waals surface area contributed by atoms with Gasteiger partial charge in [-0.15, -0.1) is 0 Å². The van der Waals surface area contributed by atoms with Crippen LogP contribution in [0.5, 0.6) is 0 Å². The zero-order chi connectivity index (χ0) is 18.0. The largest absolute Gasteiger partial charge is 0.311 e. The van der Waals surface area contributed by atoms with Crippen molar-refractivity contribution in [3.63, 3.8) is 0 Å². The van der Waals surface area contributed by atoms with E-state index in [2.05, 4.69) is 20.0 Å². The number of sulfonamides is 1. The van der Waals surface area contributed by atoms with Crippen LogP contribution < -0.4 is 10.0 Å². The third-order valence-electron chi connectivity index (χ3n) is 3.92. The van der Waals surface area contributed by atoms with E-state index in [9.17, 15) is 13.2 Å². The zero-order valence-corrected chi connectivity index (χ0v) is 15.1. The summed E-state index contributed by atoms with van der Waals surface area (Å²) < 4.78 is 27.7. The lowest BCUT2D eigenvalue weighted by Gasteiger charge is -2.26. The van der Waals surface area contributed by atoms with Crippen LogP contribution in [0.1, 0.15) is 26.2 Å². The molecular formula is C16H17ClN4O3S. The van der Waals surface area contributed by atoms with Crippen LogP contribution >= 0.6 is 11.6 Å². The van der Waals surface area contributed by atoms with Crippen molar-refractivity contribution in [1.82, 2.24) is 14.7 Å². The van der Waals surface area contributed by atoms with Crippen LogP contribution in [0.4, 0.5) is 5.82 Å². The van der Waals surface area contributed by atoms with Crippen LogP contribution in [0.3, 0.4) is 0 Å². The molecule has 0 aliphatic heterocycles. The summed E-state index contributed by atoms with van der Waals surface area (Å²) >= 11 is 6.01. The van der Waals surface area contributed by atoms with E-state index < -0.39 is 10.0 Å². The fourth-order valence-electron chi connectivity index (χ4n) is 2.44. The first-order valence-electron chi connectivity index (χ1n) is 7.77. The molecule has 0 atom stereocenters. The summed E-state index contributed by atoms with van der Waals surface area (Å²) in [7, 11) is -3.74. The van der Waals surface area contributed by atoms with Crippen molar-refractivity contribution in [3.05, 3.63) is 35.7 Å². The van der Waals surface area contributed by atoms with E-state index >= 15 is 0 Å². The van der Waals surface area contributed by atoms with Gasteiger partial charge in [0, 0.05) is 30.9 Å². The lowest BCUT2D eigenvalue weighted by molar-refractivity contribution is -0.114. The first-order valence-corrected chi connectivity index (χ1v) is 9.63. The van der Waals surface area contributed by atoms with Gasteiger partial charge in [0.25, 0.3) is 0 Å². The molecule has 1 aliphatic rings. The van der Waals surface area contributed by atoms with Gasteiger partial charge in [-0.05, 0) is 36.6 Å². The molecule has 1 saturated carbocycles. The van der Waals surface area contributed by atoms with Gasteiger partial charge in [-0.3, -0.25) is 4.79 Å². The van der Waals surface area contributed by atoms with Crippen LogP contribution in [0, 0.1) is 0 Å². The second-order valence-corrected chi connectivity index (χ2v) is 7.91. The number of carbonyl (C=O) groups excluding carboxylic acids is 1. The minimum Gasteiger partial charge on any atom is -0.311 e. The average molecular weight is 381 g/mol. The Morgan fingerprint density at radius 2 is 2.00 bits per heavy atom. The summed E-state index contributed by atoms with van der Waals surface area (Å²) in [4.78, 5) is 19.1. The highest BCUT2D eigenvalue weighted by Crippen LogP contribution is 2.28. The number of nitrogens with one attached hydrogen (secondary N) is 2. The van der Waals surface area contributed by atoms with Gasteiger partial charge in [0.15, 0.2) is 0 Å². The summed E-state index contributed by atoms with van der Waals surface area (Å²) in [5.41, 5.74) is 1.23. The molecule has 1 amide bonds. The molecule has 9 heteroatoms. The quantitative estimate of drug-likeness (QED) is 0.776. The van der Waals surface area contributed by atoms with Crippen molar-refractivity contribution in [2.24, 2.45) is 0 Å². The molecule has 2 N–H and O–H groups in total. The number of rotatable bonds is 5. The third kappa shape index (κ3) is 4.15. The standard InChI is InChI=1S/C16H17ClN4O3S/c1-10(22)20-15-8-11(5-6-18-15)12-7-14(16(17)19-9-12)25(23,24)21-13-3-2-4-13/h5-9,13,21H,2-4H2,1H3,(H,18,20,22). The number of nitrogens with zero attached hydrogens (tertiary/aromatic N) is 2. The molecule has 0 radical (unpaired) electrons. The van der Waals surface area contributed by atoms with Gasteiger partial charge in [-0.2, -0.15) is 0 Å². The van der Waals surface area contributed by atoms with Gasteiger partial charge in [0.05, 0.1) is 0 Å². The Morgan fingerprint density at radius 3 is 2.64 bits per heavy atom. The fraction of sp³-hybridized carbons (Fsp3) is 0.312. The Morgan fingerprint density at radius 1 is 1.24 bits per heavy atom. The minimum absolute atomic E-state index is 0.0444. The smallest absolute Gasteiger partial charge is 0.243 e. The van der Waals surface area contributed by atoms with Crippen molar-refractivity contribution in [1.29, 1.82) is 0 Å². The van der Waals surface area contributed by atoms with E-state index in [0.717, 1.165) is 19.3 Å². The molecule has 132 valence electrons. The number of anilines is 1. The summed E-state index contributed by atoms with van der Waals surface area (Å²) in [5, 5.41) is 2.51. The van der Waals surface area contributed by atoms with Gasteiger partial charge in [0.2, 0.25) is 15.9 Å². The van der Waals surface area contributed by atoms with E-state index in [1.165, 1.54) is 25.4 Å². The Kier molecular flexibility index (Phi) is 5.03. The molecule has 1 aliphatic carbocycles. The fourth-order valence-corrected chi connectivity index (χ4v) is 4.21. The number of pyridine rings is 2. The second kappa shape index (κ2) is 7.07. The highest BCUT2D eigenvalue weighted by atomic mass is 35.5. The van der Waals surface area contributed by atoms with Crippen molar-refractivity contribution in [2.45, 2.75) is 37.1 Å². The molecule has 0 unspecified atom stereocenters. The van der Waals surface area contributed by atoms with E-state index in [1.54, 1.807) is 12.1 Å². The lowest BCUT2D eigenvalue weighted by atomic mass is 9.94. The summed E-state index contributed by atoms with van der Waals surface area (Å²) in [6.45, 7) is 1.38. The maximum Gasteiger partial charge on any atom is 0.243 e. The predicted molar refractivity (Wildman–Crippen MR) is 94.7 cm³/mol. The monoisotopic (exact) mass is 380 g/mol. The second-order valence-electron chi connectivity index (χ2n) is 5.87. The van der Waals surface area contributed by atoms with Crippen LogP contribution in [-0.4, -0.2) is 30.3 Å². The van der Waals surface area contributed by atoms with Gasteiger partial charge in [-0.1, -0.05) is 18.0 Å². The molecule has 0 saturated heterocycles. The molecule has 2 aromatic heterocycles. The average Bonchev–Trinajstić information content (AvgIpc) is 2.51. The van der Waals surface area contributed by atoms with E-state index in [0.29, 0.717) is 16.9 Å². The van der Waals surface area contributed by atoms with Crippen LogP contribution in [0.15, 0.2) is 35.5 Å². The number of hydrogen-bond donors (Lipinski definition) is 2. The molecule has 7 nitrogen and oxygen atoms in total. The minimum atomic E-state index is -3.74. The topological polar surface area (TPSA) is 101 Å². The maximum atomic E-state index is 12.5. The number of amides is 1. The number of aromatic nitrogens is 2. The first-order chi connectivity index (χ1) is 11.8. The molecule has 2 aromatic rings. The number of hydrogen-bond acceptors (Lipinski definition) is 5. The van der Waals surface area contributed by atoms with Crippen LogP contribution in [-0.2, 0) is 14.8 Å². The van der Waals surface area contributed by atoms with Crippen LogP contribution in [0.2, 0.25) is 5.15 Å². The first kappa shape index (κ1) is 17.8. The van der Waals surface area contributed by atoms with Crippen LogP contribution in [0.25, 0.3) is 11.1 Å². The molecule has 0 spiro atoms. The SMILES string of the molecule is CC(=O)Nc1cc(-c2cnc(Cl)c(S(=O)(=O)NC3CCC3)c2)ccn1. The van der Waals surface area contributed by atoms with E-state index in [1.807, 2.05) is 0 Å².